The number of hydrogen-bond donors (Lipinski definition) is 1. The lowest BCUT2D eigenvalue weighted by atomic mass is 10.0. The second-order valence-corrected chi connectivity index (χ2v) is 10.4. The second-order valence-electron chi connectivity index (χ2n) is 7.69. The molecule has 168 valence electrons. The number of benzene rings is 3. The van der Waals surface area contributed by atoms with Gasteiger partial charge in [-0.25, -0.2) is 13.4 Å². The predicted molar refractivity (Wildman–Crippen MR) is 130 cm³/mol. The van der Waals surface area contributed by atoms with Crippen LogP contribution in [0.4, 0.5) is 11.4 Å². The number of methoxy groups -OCH3 is 1. The summed E-state index contributed by atoms with van der Waals surface area (Å²) in [5, 5.41) is 2.93. The Morgan fingerprint density at radius 1 is 1.09 bits per heavy atom. The number of rotatable bonds is 5. The van der Waals surface area contributed by atoms with Crippen LogP contribution in [-0.4, -0.2) is 33.0 Å². The van der Waals surface area contributed by atoms with Gasteiger partial charge in [-0.05, 0) is 79.1 Å². The third kappa shape index (κ3) is 4.05. The number of sulfonamides is 1. The van der Waals surface area contributed by atoms with E-state index in [0.29, 0.717) is 35.7 Å². The van der Waals surface area contributed by atoms with Crippen LogP contribution in [0, 0.1) is 0 Å². The van der Waals surface area contributed by atoms with Gasteiger partial charge in [-0.3, -0.25) is 9.10 Å². The van der Waals surface area contributed by atoms with Gasteiger partial charge in [0, 0.05) is 17.8 Å². The highest BCUT2D eigenvalue weighted by Gasteiger charge is 2.29. The molecule has 0 saturated carbocycles. The van der Waals surface area contributed by atoms with E-state index in [2.05, 4.69) is 10.3 Å². The number of fused-ring (bicyclic) bond motifs is 2. The molecule has 0 radical (unpaired) electrons. The number of hydrogen-bond acceptors (Lipinski definition) is 6. The smallest absolute Gasteiger partial charge is 0.264 e. The zero-order valence-corrected chi connectivity index (χ0v) is 19.4. The molecule has 4 aromatic rings. The van der Waals surface area contributed by atoms with Gasteiger partial charge in [0.05, 0.1) is 33.4 Å². The van der Waals surface area contributed by atoms with E-state index >= 15 is 0 Å². The summed E-state index contributed by atoms with van der Waals surface area (Å²) in [5.74, 6) is 0.381. The summed E-state index contributed by atoms with van der Waals surface area (Å²) in [6.45, 7) is 0.405. The first-order valence-electron chi connectivity index (χ1n) is 10.4. The quantitative estimate of drug-likeness (QED) is 0.448. The van der Waals surface area contributed by atoms with Gasteiger partial charge in [0.2, 0.25) is 0 Å². The number of carbonyl (C=O) groups is 1. The lowest BCUT2D eigenvalue weighted by Crippen LogP contribution is -2.35. The van der Waals surface area contributed by atoms with Crippen molar-refractivity contribution in [3.8, 4) is 5.75 Å². The Kier molecular flexibility index (Phi) is 5.51. The summed E-state index contributed by atoms with van der Waals surface area (Å²) < 4.78 is 34.1. The van der Waals surface area contributed by atoms with E-state index in [4.69, 9.17) is 4.74 Å². The van der Waals surface area contributed by atoms with Crippen LogP contribution in [0.2, 0.25) is 0 Å². The van der Waals surface area contributed by atoms with Crippen LogP contribution in [0.1, 0.15) is 22.3 Å². The van der Waals surface area contributed by atoms with Crippen molar-refractivity contribution in [1.29, 1.82) is 0 Å². The molecule has 1 aliphatic heterocycles. The second kappa shape index (κ2) is 8.49. The first-order valence-corrected chi connectivity index (χ1v) is 12.7. The number of aryl methyl sites for hydroxylation is 1. The molecule has 1 aromatic heterocycles. The molecule has 2 heterocycles. The Bertz CT molecular complexity index is 1450. The largest absolute Gasteiger partial charge is 0.497 e. The van der Waals surface area contributed by atoms with Gasteiger partial charge in [-0.15, -0.1) is 11.3 Å². The number of nitrogens with one attached hydrogen (secondary N) is 1. The molecule has 0 atom stereocenters. The molecule has 5 rings (SSSR count). The molecule has 0 aliphatic carbocycles. The molecule has 33 heavy (non-hydrogen) atoms. The van der Waals surface area contributed by atoms with Crippen molar-refractivity contribution < 1.29 is 17.9 Å². The average molecular weight is 480 g/mol. The molecule has 0 bridgehead atoms. The fourth-order valence-corrected chi connectivity index (χ4v) is 6.22. The number of carbonyl (C=O) groups excluding carboxylic acids is 1. The topological polar surface area (TPSA) is 88.6 Å². The van der Waals surface area contributed by atoms with Gasteiger partial charge in [0.25, 0.3) is 15.9 Å². The molecule has 0 fully saturated rings. The fraction of sp³-hybridized carbons (Fsp3) is 0.167. The highest BCUT2D eigenvalue weighted by atomic mass is 32.2. The Hall–Kier alpha value is -3.43. The minimum absolute atomic E-state index is 0.215. The van der Waals surface area contributed by atoms with E-state index in [-0.39, 0.29) is 10.8 Å². The Balaban J connectivity index is 1.40. The number of ether oxygens (including phenoxy) is 1. The number of amides is 1. The molecule has 1 amide bonds. The van der Waals surface area contributed by atoms with Crippen LogP contribution >= 0.6 is 11.3 Å². The Morgan fingerprint density at radius 3 is 2.70 bits per heavy atom. The lowest BCUT2D eigenvalue weighted by molar-refractivity contribution is 0.102. The maximum Gasteiger partial charge on any atom is 0.264 e. The molecular formula is C24H21N3O4S2. The van der Waals surface area contributed by atoms with E-state index < -0.39 is 10.0 Å². The van der Waals surface area contributed by atoms with E-state index in [0.717, 1.165) is 22.2 Å². The van der Waals surface area contributed by atoms with Gasteiger partial charge in [-0.2, -0.15) is 0 Å². The monoisotopic (exact) mass is 479 g/mol. The van der Waals surface area contributed by atoms with Crippen molar-refractivity contribution in [1.82, 2.24) is 4.98 Å². The molecular weight excluding hydrogens is 458 g/mol. The van der Waals surface area contributed by atoms with E-state index in [1.54, 1.807) is 55.1 Å². The Morgan fingerprint density at radius 2 is 1.91 bits per heavy atom. The van der Waals surface area contributed by atoms with E-state index in [1.165, 1.54) is 15.6 Å². The Labute approximate surface area is 195 Å². The van der Waals surface area contributed by atoms with Crippen molar-refractivity contribution >= 4 is 48.9 Å². The first-order chi connectivity index (χ1) is 16.0. The van der Waals surface area contributed by atoms with Crippen molar-refractivity contribution in [3.63, 3.8) is 0 Å². The molecule has 9 heteroatoms. The third-order valence-electron chi connectivity index (χ3n) is 5.65. The van der Waals surface area contributed by atoms with E-state index in [9.17, 15) is 13.2 Å². The molecule has 1 N–H and O–H groups in total. The van der Waals surface area contributed by atoms with Gasteiger partial charge in [0.1, 0.15) is 5.75 Å². The summed E-state index contributed by atoms with van der Waals surface area (Å²) in [6.07, 6.45) is 1.43. The SMILES string of the molecule is COc1ccc(S(=O)(=O)N2CCCc3cc(NC(=O)c4ccc5ncsc5c4)ccc32)cc1. The zero-order chi connectivity index (χ0) is 23.0. The summed E-state index contributed by atoms with van der Waals surface area (Å²) in [6, 6.07) is 17.1. The van der Waals surface area contributed by atoms with E-state index in [1.807, 2.05) is 18.2 Å². The van der Waals surface area contributed by atoms with Crippen molar-refractivity contribution in [2.75, 3.05) is 23.3 Å². The molecule has 0 spiro atoms. The summed E-state index contributed by atoms with van der Waals surface area (Å²) in [4.78, 5) is 17.2. The van der Waals surface area contributed by atoms with Gasteiger partial charge in [-0.1, -0.05) is 0 Å². The van der Waals surface area contributed by atoms with Crippen LogP contribution < -0.4 is 14.4 Å². The summed E-state index contributed by atoms with van der Waals surface area (Å²) >= 11 is 1.49. The standard InChI is InChI=1S/C24H21N3O4S2/c1-31-19-6-8-20(9-7-19)33(29,30)27-12-2-3-16-13-18(5-11-22(16)27)26-24(28)17-4-10-21-23(14-17)32-15-25-21/h4-11,13-15H,2-3,12H2,1H3,(H,26,28). The van der Waals surface area contributed by atoms with Gasteiger partial charge >= 0.3 is 0 Å². The van der Waals surface area contributed by atoms with Crippen molar-refractivity contribution in [3.05, 3.63) is 77.3 Å². The average Bonchev–Trinajstić information content (AvgIpc) is 3.31. The van der Waals surface area contributed by atoms with Crippen LogP contribution in [0.15, 0.2) is 71.1 Å². The van der Waals surface area contributed by atoms with Crippen molar-refractivity contribution in [2.45, 2.75) is 17.7 Å². The minimum Gasteiger partial charge on any atom is -0.497 e. The summed E-state index contributed by atoms with van der Waals surface area (Å²) in [5.41, 5.74) is 5.32. The predicted octanol–water partition coefficient (Wildman–Crippen LogP) is 4.70. The first kappa shape index (κ1) is 21.4. The number of thiazole rings is 1. The maximum atomic E-state index is 13.3. The highest BCUT2D eigenvalue weighted by molar-refractivity contribution is 7.92. The zero-order valence-electron chi connectivity index (χ0n) is 17.8. The molecule has 1 aliphatic rings. The highest BCUT2D eigenvalue weighted by Crippen LogP contribution is 2.34. The number of aromatic nitrogens is 1. The van der Waals surface area contributed by atoms with Crippen LogP contribution in [0.3, 0.4) is 0 Å². The third-order valence-corrected chi connectivity index (χ3v) is 8.27. The lowest BCUT2D eigenvalue weighted by Gasteiger charge is -2.31. The minimum atomic E-state index is -3.71. The molecule has 0 unspecified atom stereocenters. The number of anilines is 2. The van der Waals surface area contributed by atoms with Gasteiger partial charge < -0.3 is 10.1 Å². The normalized spacial score (nSPS) is 13.5. The fourth-order valence-electron chi connectivity index (χ4n) is 3.96. The molecule has 0 saturated heterocycles. The van der Waals surface area contributed by atoms with Crippen LogP contribution in [-0.2, 0) is 16.4 Å². The summed E-state index contributed by atoms with van der Waals surface area (Å²) in [7, 11) is -2.17. The van der Waals surface area contributed by atoms with Crippen molar-refractivity contribution in [2.24, 2.45) is 0 Å². The van der Waals surface area contributed by atoms with Gasteiger partial charge in [0.15, 0.2) is 0 Å². The van der Waals surface area contributed by atoms with Crippen LogP contribution in [0.5, 0.6) is 5.75 Å². The number of nitrogens with zero attached hydrogens (tertiary/aromatic N) is 2. The van der Waals surface area contributed by atoms with Crippen LogP contribution in [0.25, 0.3) is 10.2 Å². The molecule has 3 aromatic carbocycles. The maximum absolute atomic E-state index is 13.3. The molecule has 7 nitrogen and oxygen atoms in total.